The molecule has 0 unspecified atom stereocenters. The van der Waals surface area contributed by atoms with Crippen molar-refractivity contribution in [2.45, 2.75) is 33.1 Å². The lowest BCUT2D eigenvalue weighted by atomic mass is 10.0. The van der Waals surface area contributed by atoms with Crippen molar-refractivity contribution >= 4 is 50.2 Å². The van der Waals surface area contributed by atoms with Gasteiger partial charge in [-0.25, -0.2) is 0 Å². The Morgan fingerprint density at radius 2 is 2.03 bits per heavy atom. The number of nitrogen functional groups attached to an aromatic ring is 1. The van der Waals surface area contributed by atoms with Crippen molar-refractivity contribution in [2.75, 3.05) is 11.1 Å². The van der Waals surface area contributed by atoms with E-state index >= 15 is 0 Å². The Kier molecular flexibility index (Phi) is 4.41. The first-order valence-corrected chi connectivity index (χ1v) is 11.4. The van der Waals surface area contributed by atoms with Gasteiger partial charge in [0.05, 0.1) is 11.1 Å². The van der Waals surface area contributed by atoms with Crippen LogP contribution in [-0.2, 0) is 12.8 Å². The molecule has 5 rings (SSSR count). The molecule has 4 aromatic rings. The standard InChI is InChI=1S/C23H21N3OS2/c1-12-8-9-14(11-13(12)2)25-22(27)21-20(24)19-18(17-7-4-10-28-17)15-5-3-6-16(15)26-23(19)29-21/h4,7-11H,3,5-6,24H2,1-2H3,(H,25,27)/p+1. The summed E-state index contributed by atoms with van der Waals surface area (Å²) in [5.74, 6) is -0.155. The van der Waals surface area contributed by atoms with Gasteiger partial charge in [-0.05, 0) is 61.4 Å². The predicted molar refractivity (Wildman–Crippen MR) is 122 cm³/mol. The number of carbonyl (C=O) groups excluding carboxylic acids is 1. The molecule has 1 aliphatic carbocycles. The smallest absolute Gasteiger partial charge is 0.270 e. The summed E-state index contributed by atoms with van der Waals surface area (Å²) in [6.07, 6.45) is 3.25. The molecule has 3 aromatic heterocycles. The van der Waals surface area contributed by atoms with Crippen LogP contribution in [0.5, 0.6) is 0 Å². The number of aryl methyl sites for hydroxylation is 3. The lowest BCUT2D eigenvalue weighted by Gasteiger charge is -2.08. The summed E-state index contributed by atoms with van der Waals surface area (Å²) in [5, 5.41) is 6.10. The molecule has 0 bridgehead atoms. The van der Waals surface area contributed by atoms with E-state index < -0.39 is 0 Å². The number of hydrogen-bond acceptors (Lipinski definition) is 4. The highest BCUT2D eigenvalue weighted by Crippen LogP contribution is 2.44. The van der Waals surface area contributed by atoms with E-state index in [0.29, 0.717) is 10.6 Å². The van der Waals surface area contributed by atoms with Crippen molar-refractivity contribution in [2.24, 2.45) is 0 Å². The van der Waals surface area contributed by atoms with E-state index in [1.165, 1.54) is 38.6 Å². The van der Waals surface area contributed by atoms with Crippen LogP contribution >= 0.6 is 22.7 Å². The van der Waals surface area contributed by atoms with Crippen LogP contribution in [0.1, 0.15) is 38.5 Å². The zero-order valence-corrected chi connectivity index (χ0v) is 18.0. The SMILES string of the molecule is Cc1ccc(NC(=O)c2sc3[nH+]c4c(c(-c5cccs5)c3c2N)CCC4)cc1C. The van der Waals surface area contributed by atoms with Crippen molar-refractivity contribution in [3.63, 3.8) is 0 Å². The fraction of sp³-hybridized carbons (Fsp3) is 0.217. The number of nitrogens with two attached hydrogens (primary N) is 1. The molecule has 0 radical (unpaired) electrons. The number of pyridine rings is 1. The highest BCUT2D eigenvalue weighted by Gasteiger charge is 2.30. The molecule has 0 saturated carbocycles. The van der Waals surface area contributed by atoms with Crippen molar-refractivity contribution < 1.29 is 9.78 Å². The maximum Gasteiger partial charge on any atom is 0.270 e. The molecule has 3 heterocycles. The third-order valence-electron chi connectivity index (χ3n) is 5.72. The molecule has 0 saturated heterocycles. The Labute approximate surface area is 177 Å². The summed E-state index contributed by atoms with van der Waals surface area (Å²) in [5.41, 5.74) is 14.1. The van der Waals surface area contributed by atoms with Gasteiger partial charge < -0.3 is 11.1 Å². The van der Waals surface area contributed by atoms with Gasteiger partial charge in [-0.3, -0.25) is 4.79 Å². The minimum atomic E-state index is -0.155. The summed E-state index contributed by atoms with van der Waals surface area (Å²) in [4.78, 5) is 19.4. The van der Waals surface area contributed by atoms with Gasteiger partial charge in [0.2, 0.25) is 0 Å². The first kappa shape index (κ1) is 18.3. The largest absolute Gasteiger partial charge is 0.397 e. The summed E-state index contributed by atoms with van der Waals surface area (Å²) in [6.45, 7) is 4.11. The molecule has 1 aliphatic rings. The van der Waals surface area contributed by atoms with E-state index in [0.717, 1.165) is 40.7 Å². The van der Waals surface area contributed by atoms with Crippen LogP contribution in [0.15, 0.2) is 35.7 Å². The number of fused-ring (bicyclic) bond motifs is 2. The van der Waals surface area contributed by atoms with Gasteiger partial charge in [0, 0.05) is 28.1 Å². The number of nitrogens with one attached hydrogen (secondary N) is 2. The Morgan fingerprint density at radius 3 is 2.79 bits per heavy atom. The van der Waals surface area contributed by atoms with Crippen LogP contribution in [0, 0.1) is 13.8 Å². The lowest BCUT2D eigenvalue weighted by Crippen LogP contribution is -2.12. The molecular weight excluding hydrogens is 398 g/mol. The number of carbonyl (C=O) groups is 1. The number of aromatic amines is 1. The van der Waals surface area contributed by atoms with Crippen LogP contribution < -0.4 is 16.0 Å². The van der Waals surface area contributed by atoms with Gasteiger partial charge >= 0.3 is 0 Å². The van der Waals surface area contributed by atoms with E-state index in [2.05, 4.69) is 34.7 Å². The third kappa shape index (κ3) is 3.03. The first-order valence-electron chi connectivity index (χ1n) is 9.74. The number of rotatable bonds is 3. The first-order chi connectivity index (χ1) is 14.0. The van der Waals surface area contributed by atoms with E-state index in [9.17, 15) is 4.79 Å². The second-order valence-electron chi connectivity index (χ2n) is 7.59. The van der Waals surface area contributed by atoms with Crippen molar-refractivity contribution in [1.82, 2.24) is 0 Å². The molecule has 6 heteroatoms. The predicted octanol–water partition coefficient (Wildman–Crippen LogP) is 5.38. The fourth-order valence-corrected chi connectivity index (χ4v) is 5.95. The molecule has 29 heavy (non-hydrogen) atoms. The summed E-state index contributed by atoms with van der Waals surface area (Å²) in [7, 11) is 0. The Balaban J connectivity index is 1.63. The maximum absolute atomic E-state index is 13.1. The molecule has 146 valence electrons. The summed E-state index contributed by atoms with van der Waals surface area (Å²) < 4.78 is 0. The van der Waals surface area contributed by atoms with Crippen LogP contribution in [0.25, 0.3) is 20.7 Å². The van der Waals surface area contributed by atoms with E-state index in [1.807, 2.05) is 25.1 Å². The van der Waals surface area contributed by atoms with Crippen molar-refractivity contribution in [3.8, 4) is 10.4 Å². The van der Waals surface area contributed by atoms with Crippen LogP contribution in [-0.4, -0.2) is 5.91 Å². The molecule has 1 amide bonds. The van der Waals surface area contributed by atoms with E-state index in [4.69, 9.17) is 5.73 Å². The zero-order chi connectivity index (χ0) is 20.1. The van der Waals surface area contributed by atoms with E-state index in [-0.39, 0.29) is 5.91 Å². The number of amides is 1. The minimum Gasteiger partial charge on any atom is -0.397 e. The Bertz CT molecular complexity index is 1260. The van der Waals surface area contributed by atoms with Crippen molar-refractivity contribution in [1.29, 1.82) is 0 Å². The number of H-pyrrole nitrogens is 1. The molecule has 0 fully saturated rings. The molecule has 4 N–H and O–H groups in total. The van der Waals surface area contributed by atoms with Gasteiger partial charge in [0.1, 0.15) is 4.88 Å². The molecule has 4 nitrogen and oxygen atoms in total. The van der Waals surface area contributed by atoms with Crippen LogP contribution in [0.4, 0.5) is 11.4 Å². The van der Waals surface area contributed by atoms with Gasteiger partial charge in [0.25, 0.3) is 10.7 Å². The second-order valence-corrected chi connectivity index (χ2v) is 9.56. The average Bonchev–Trinajstić information content (AvgIpc) is 3.44. The second kappa shape index (κ2) is 6.97. The highest BCUT2D eigenvalue weighted by molar-refractivity contribution is 7.21. The maximum atomic E-state index is 13.1. The molecule has 0 atom stereocenters. The Hall–Kier alpha value is -2.70. The quantitative estimate of drug-likeness (QED) is 0.467. The number of benzene rings is 1. The minimum absolute atomic E-state index is 0.155. The summed E-state index contributed by atoms with van der Waals surface area (Å²) >= 11 is 3.17. The topological polar surface area (TPSA) is 69.3 Å². The van der Waals surface area contributed by atoms with Crippen LogP contribution in [0.3, 0.4) is 0 Å². The van der Waals surface area contributed by atoms with Crippen LogP contribution in [0.2, 0.25) is 0 Å². The van der Waals surface area contributed by atoms with Gasteiger partial charge in [-0.1, -0.05) is 23.5 Å². The molecule has 1 aromatic carbocycles. The normalized spacial score (nSPS) is 13.0. The monoisotopic (exact) mass is 420 g/mol. The summed E-state index contributed by atoms with van der Waals surface area (Å²) in [6, 6.07) is 10.2. The number of anilines is 2. The molecular formula is C23H22N3OS2+. The number of thiophene rings is 2. The lowest BCUT2D eigenvalue weighted by molar-refractivity contribution is -0.353. The van der Waals surface area contributed by atoms with E-state index in [1.54, 1.807) is 11.3 Å². The average molecular weight is 421 g/mol. The highest BCUT2D eigenvalue weighted by atomic mass is 32.1. The Morgan fingerprint density at radius 1 is 1.17 bits per heavy atom. The van der Waals surface area contributed by atoms with Crippen molar-refractivity contribution in [3.05, 3.63) is 63.0 Å². The number of hydrogen-bond donors (Lipinski definition) is 2. The molecule has 0 aliphatic heterocycles. The number of aromatic nitrogens is 1. The molecule has 0 spiro atoms. The third-order valence-corrected chi connectivity index (χ3v) is 7.72. The van der Waals surface area contributed by atoms with Gasteiger partial charge in [-0.15, -0.1) is 11.3 Å². The van der Waals surface area contributed by atoms with Gasteiger partial charge in [-0.2, -0.15) is 4.98 Å². The zero-order valence-electron chi connectivity index (χ0n) is 16.4. The van der Waals surface area contributed by atoms with Gasteiger partial charge in [0.15, 0.2) is 5.69 Å². The fourth-order valence-electron chi connectivity index (χ4n) is 4.09.